The van der Waals surface area contributed by atoms with Gasteiger partial charge in [0, 0.05) is 44.7 Å². The Labute approximate surface area is 126 Å². The van der Waals surface area contributed by atoms with E-state index in [1.165, 1.54) is 0 Å². The van der Waals surface area contributed by atoms with E-state index in [0.29, 0.717) is 32.6 Å². The number of aromatic nitrogens is 2. The van der Waals surface area contributed by atoms with E-state index >= 15 is 0 Å². The van der Waals surface area contributed by atoms with Crippen molar-refractivity contribution in [2.75, 3.05) is 36.9 Å². The molecule has 1 aliphatic heterocycles. The molecule has 1 saturated heterocycles. The van der Waals surface area contributed by atoms with Gasteiger partial charge in [0.25, 0.3) is 0 Å². The molecule has 2 heterocycles. The molecule has 0 bridgehead atoms. The molecule has 21 heavy (non-hydrogen) atoms. The van der Waals surface area contributed by atoms with Gasteiger partial charge in [0.05, 0.1) is 5.60 Å². The van der Waals surface area contributed by atoms with Crippen LogP contribution in [0.4, 0.5) is 11.6 Å². The fraction of sp³-hybridized carbons (Fsp3) is 0.733. The first-order chi connectivity index (χ1) is 10.0. The Morgan fingerprint density at radius 1 is 1.14 bits per heavy atom. The van der Waals surface area contributed by atoms with Crippen LogP contribution in [-0.4, -0.2) is 47.0 Å². The summed E-state index contributed by atoms with van der Waals surface area (Å²) in [5, 5.41) is 17.1. The van der Waals surface area contributed by atoms with Gasteiger partial charge >= 0.3 is 0 Å². The van der Waals surface area contributed by atoms with E-state index in [9.17, 15) is 5.11 Å². The first-order valence-corrected chi connectivity index (χ1v) is 7.67. The molecule has 118 valence electrons. The Kier molecular flexibility index (Phi) is 5.36. The molecule has 0 atom stereocenters. The lowest BCUT2D eigenvalue weighted by molar-refractivity contribution is -0.0543. The van der Waals surface area contributed by atoms with Gasteiger partial charge < -0.3 is 20.5 Å². The molecule has 2 rings (SSSR count). The zero-order valence-electron chi connectivity index (χ0n) is 13.2. The zero-order valence-corrected chi connectivity index (χ0v) is 13.2. The molecule has 0 aliphatic carbocycles. The van der Waals surface area contributed by atoms with Crippen molar-refractivity contribution in [1.82, 2.24) is 9.97 Å². The van der Waals surface area contributed by atoms with Crippen LogP contribution in [0.2, 0.25) is 0 Å². The highest BCUT2D eigenvalue weighted by molar-refractivity contribution is 5.57. The highest BCUT2D eigenvalue weighted by atomic mass is 16.5. The standard InChI is InChI=1S/C15H26N4O2/c1-4-7-16-13-11(2)14(19-12(3)18-13)17-10-15(20)5-8-21-9-6-15/h20H,4-10H2,1-3H3,(H2,16,17,18,19). The fourth-order valence-electron chi connectivity index (χ4n) is 2.39. The summed E-state index contributed by atoms with van der Waals surface area (Å²) in [6.07, 6.45) is 2.36. The number of aliphatic hydroxyl groups is 1. The Hall–Kier alpha value is -1.40. The second kappa shape index (κ2) is 7.04. The molecule has 3 N–H and O–H groups in total. The van der Waals surface area contributed by atoms with Crippen LogP contribution in [-0.2, 0) is 4.74 Å². The van der Waals surface area contributed by atoms with Crippen molar-refractivity contribution < 1.29 is 9.84 Å². The van der Waals surface area contributed by atoms with Crippen molar-refractivity contribution in [3.63, 3.8) is 0 Å². The number of nitrogens with one attached hydrogen (secondary N) is 2. The SMILES string of the molecule is CCCNc1nc(C)nc(NCC2(O)CCOCC2)c1C. The van der Waals surface area contributed by atoms with Gasteiger partial charge in [-0.1, -0.05) is 6.92 Å². The van der Waals surface area contributed by atoms with Crippen LogP contribution < -0.4 is 10.6 Å². The number of nitrogens with zero attached hydrogens (tertiary/aromatic N) is 2. The average Bonchev–Trinajstić information content (AvgIpc) is 2.47. The number of hydrogen-bond donors (Lipinski definition) is 3. The van der Waals surface area contributed by atoms with Crippen molar-refractivity contribution in [1.29, 1.82) is 0 Å². The van der Waals surface area contributed by atoms with Crippen LogP contribution in [0.15, 0.2) is 0 Å². The lowest BCUT2D eigenvalue weighted by atomic mass is 9.94. The Morgan fingerprint density at radius 2 is 1.76 bits per heavy atom. The van der Waals surface area contributed by atoms with Gasteiger partial charge in [-0.15, -0.1) is 0 Å². The minimum absolute atomic E-state index is 0.487. The first-order valence-electron chi connectivity index (χ1n) is 7.67. The maximum Gasteiger partial charge on any atom is 0.134 e. The van der Waals surface area contributed by atoms with Crippen molar-refractivity contribution in [3.8, 4) is 0 Å². The van der Waals surface area contributed by atoms with E-state index in [-0.39, 0.29) is 0 Å². The van der Waals surface area contributed by atoms with Crippen LogP contribution in [0, 0.1) is 13.8 Å². The quantitative estimate of drug-likeness (QED) is 0.743. The molecule has 0 aromatic carbocycles. The van der Waals surface area contributed by atoms with Gasteiger partial charge in [-0.2, -0.15) is 0 Å². The van der Waals surface area contributed by atoms with E-state index < -0.39 is 5.60 Å². The molecule has 0 spiro atoms. The third-order valence-corrected chi connectivity index (χ3v) is 3.81. The van der Waals surface area contributed by atoms with Gasteiger partial charge in [-0.05, 0) is 20.3 Å². The minimum Gasteiger partial charge on any atom is -0.388 e. The number of anilines is 2. The molecule has 0 radical (unpaired) electrons. The van der Waals surface area contributed by atoms with Crippen molar-refractivity contribution >= 4 is 11.6 Å². The maximum atomic E-state index is 10.5. The Balaban J connectivity index is 2.06. The van der Waals surface area contributed by atoms with Crippen molar-refractivity contribution in [3.05, 3.63) is 11.4 Å². The van der Waals surface area contributed by atoms with Crippen LogP contribution >= 0.6 is 0 Å². The summed E-state index contributed by atoms with van der Waals surface area (Å²) >= 11 is 0. The smallest absolute Gasteiger partial charge is 0.134 e. The predicted molar refractivity (Wildman–Crippen MR) is 83.8 cm³/mol. The van der Waals surface area contributed by atoms with E-state index in [0.717, 1.165) is 36.0 Å². The number of ether oxygens (including phenoxy) is 1. The highest BCUT2D eigenvalue weighted by Gasteiger charge is 2.29. The molecule has 0 unspecified atom stereocenters. The second-order valence-corrected chi connectivity index (χ2v) is 5.71. The summed E-state index contributed by atoms with van der Waals surface area (Å²) in [6, 6.07) is 0. The third-order valence-electron chi connectivity index (χ3n) is 3.81. The molecule has 1 aromatic rings. The summed E-state index contributed by atoms with van der Waals surface area (Å²) in [4.78, 5) is 8.89. The van der Waals surface area contributed by atoms with Crippen LogP contribution in [0.5, 0.6) is 0 Å². The van der Waals surface area contributed by atoms with E-state index in [1.54, 1.807) is 0 Å². The van der Waals surface area contributed by atoms with Crippen LogP contribution in [0.25, 0.3) is 0 Å². The third kappa shape index (κ3) is 4.28. The molecule has 0 saturated carbocycles. The van der Waals surface area contributed by atoms with Crippen LogP contribution in [0.3, 0.4) is 0 Å². The predicted octanol–water partition coefficient (Wildman–Crippen LogP) is 1.87. The van der Waals surface area contributed by atoms with Crippen LogP contribution in [0.1, 0.15) is 37.6 Å². The average molecular weight is 294 g/mol. The number of hydrogen-bond acceptors (Lipinski definition) is 6. The minimum atomic E-state index is -0.708. The maximum absolute atomic E-state index is 10.5. The zero-order chi connectivity index (χ0) is 15.3. The monoisotopic (exact) mass is 294 g/mol. The lowest BCUT2D eigenvalue weighted by Gasteiger charge is -2.32. The number of rotatable bonds is 6. The van der Waals surface area contributed by atoms with Gasteiger partial charge in [0.2, 0.25) is 0 Å². The van der Waals surface area contributed by atoms with Crippen molar-refractivity contribution in [2.24, 2.45) is 0 Å². The molecule has 0 amide bonds. The lowest BCUT2D eigenvalue weighted by Crippen LogP contribution is -2.42. The molecule has 6 nitrogen and oxygen atoms in total. The molecule has 1 aromatic heterocycles. The first kappa shape index (κ1) is 16.0. The Morgan fingerprint density at radius 3 is 2.38 bits per heavy atom. The summed E-state index contributed by atoms with van der Waals surface area (Å²) in [6.45, 7) is 8.60. The summed E-state index contributed by atoms with van der Waals surface area (Å²) in [5.41, 5.74) is 0.283. The van der Waals surface area contributed by atoms with Gasteiger partial charge in [-0.3, -0.25) is 0 Å². The number of aryl methyl sites for hydroxylation is 1. The normalized spacial score (nSPS) is 17.5. The summed E-state index contributed by atoms with van der Waals surface area (Å²) in [7, 11) is 0. The molecule has 6 heteroatoms. The van der Waals surface area contributed by atoms with E-state index in [2.05, 4.69) is 27.5 Å². The van der Waals surface area contributed by atoms with Gasteiger partial charge in [0.15, 0.2) is 0 Å². The fourth-order valence-corrected chi connectivity index (χ4v) is 2.39. The molecular formula is C15H26N4O2. The molecule has 1 fully saturated rings. The van der Waals surface area contributed by atoms with E-state index in [4.69, 9.17) is 4.74 Å². The summed E-state index contributed by atoms with van der Waals surface area (Å²) < 4.78 is 5.30. The Bertz CT molecular complexity index is 473. The second-order valence-electron chi connectivity index (χ2n) is 5.71. The largest absolute Gasteiger partial charge is 0.388 e. The summed E-state index contributed by atoms with van der Waals surface area (Å²) in [5.74, 6) is 2.38. The topological polar surface area (TPSA) is 79.3 Å². The van der Waals surface area contributed by atoms with Gasteiger partial charge in [0.1, 0.15) is 17.5 Å². The van der Waals surface area contributed by atoms with E-state index in [1.807, 2.05) is 13.8 Å². The highest BCUT2D eigenvalue weighted by Crippen LogP contribution is 2.24. The van der Waals surface area contributed by atoms with Crippen molar-refractivity contribution in [2.45, 2.75) is 45.6 Å². The molecule has 1 aliphatic rings. The molecular weight excluding hydrogens is 268 g/mol. The van der Waals surface area contributed by atoms with Gasteiger partial charge in [-0.25, -0.2) is 9.97 Å².